The number of carbonyl (C=O) groups excluding carboxylic acids is 1. The highest BCUT2D eigenvalue weighted by Crippen LogP contribution is 2.18. The molecule has 34 heavy (non-hydrogen) atoms. The monoisotopic (exact) mass is 480 g/mol. The van der Waals surface area contributed by atoms with Gasteiger partial charge in [0.2, 0.25) is 0 Å². The second-order valence-electron chi connectivity index (χ2n) is 9.96. The Labute approximate surface area is 211 Å². The van der Waals surface area contributed by atoms with Crippen molar-refractivity contribution in [3.05, 3.63) is 12.2 Å². The Kier molecular flexibility index (Phi) is 25.3. The third kappa shape index (κ3) is 23.8. The molecule has 0 saturated heterocycles. The molecule has 0 aromatic carbocycles. The molecule has 4 nitrogen and oxygen atoms in total. The van der Waals surface area contributed by atoms with Gasteiger partial charge in [-0.05, 0) is 38.5 Å². The first-order valence-corrected chi connectivity index (χ1v) is 14.6. The zero-order valence-corrected chi connectivity index (χ0v) is 22.7. The molecule has 1 N–H and O–H groups in total. The van der Waals surface area contributed by atoms with E-state index < -0.39 is 11.9 Å². The Morgan fingerprint density at radius 3 is 1.53 bits per heavy atom. The molecule has 0 heterocycles. The molecule has 0 spiro atoms. The van der Waals surface area contributed by atoms with E-state index in [-0.39, 0.29) is 12.4 Å². The number of unbranched alkanes of at least 4 members (excludes halogenated alkanes) is 17. The van der Waals surface area contributed by atoms with E-state index in [1.807, 2.05) is 6.92 Å². The van der Waals surface area contributed by atoms with Gasteiger partial charge in [0, 0.05) is 0 Å². The predicted molar refractivity (Wildman–Crippen MR) is 144 cm³/mol. The fourth-order valence-corrected chi connectivity index (χ4v) is 4.36. The minimum absolute atomic E-state index is 0.119. The van der Waals surface area contributed by atoms with Crippen LogP contribution in [0.15, 0.2) is 12.2 Å². The number of carbonyl (C=O) groups is 2. The number of aliphatic carboxylic acids is 1. The van der Waals surface area contributed by atoms with Crippen molar-refractivity contribution in [2.45, 2.75) is 155 Å². The van der Waals surface area contributed by atoms with Gasteiger partial charge in [-0.1, -0.05) is 122 Å². The molecule has 0 fully saturated rings. The van der Waals surface area contributed by atoms with Gasteiger partial charge >= 0.3 is 11.9 Å². The summed E-state index contributed by atoms with van der Waals surface area (Å²) in [5.74, 6) is -1.76. The summed E-state index contributed by atoms with van der Waals surface area (Å²) in [5.41, 5.74) is 0. The summed E-state index contributed by atoms with van der Waals surface area (Å²) < 4.78 is 5.14. The van der Waals surface area contributed by atoms with Crippen molar-refractivity contribution in [2.24, 2.45) is 5.92 Å². The Balaban J connectivity index is 3.45. The van der Waals surface area contributed by atoms with Crippen molar-refractivity contribution < 1.29 is 19.4 Å². The van der Waals surface area contributed by atoms with Crippen LogP contribution in [0.2, 0.25) is 0 Å². The van der Waals surface area contributed by atoms with E-state index in [1.165, 1.54) is 96.3 Å². The lowest BCUT2D eigenvalue weighted by Gasteiger charge is -2.13. The molecule has 0 amide bonds. The van der Waals surface area contributed by atoms with E-state index in [1.54, 1.807) is 0 Å². The van der Waals surface area contributed by atoms with Crippen LogP contribution >= 0.6 is 0 Å². The number of esters is 1. The van der Waals surface area contributed by atoms with E-state index in [0.29, 0.717) is 13.0 Å². The van der Waals surface area contributed by atoms with Gasteiger partial charge in [0.15, 0.2) is 0 Å². The van der Waals surface area contributed by atoms with Crippen LogP contribution in [0.5, 0.6) is 0 Å². The van der Waals surface area contributed by atoms with Crippen molar-refractivity contribution >= 4 is 11.9 Å². The first-order valence-electron chi connectivity index (χ1n) is 14.6. The van der Waals surface area contributed by atoms with Gasteiger partial charge in [-0.15, -0.1) is 0 Å². The fraction of sp³-hybridized carbons (Fsp3) is 0.867. The minimum Gasteiger partial charge on any atom is -0.481 e. The van der Waals surface area contributed by atoms with Crippen molar-refractivity contribution in [2.75, 3.05) is 6.61 Å². The third-order valence-electron chi connectivity index (χ3n) is 6.52. The topological polar surface area (TPSA) is 63.6 Å². The Morgan fingerprint density at radius 1 is 0.647 bits per heavy atom. The standard InChI is InChI=1S/C30H56O4/c1-3-5-6-7-8-9-10-11-12-13-14-15-16-17-18-19-20-21-22-23-24-25-28(27-29(31)32)30(33)34-26-4-2/h17-18,28H,3-16,19-27H2,1-2H3,(H,31,32)/b18-17+. The molecule has 200 valence electrons. The molecule has 0 saturated carbocycles. The van der Waals surface area contributed by atoms with Crippen LogP contribution in [-0.2, 0) is 14.3 Å². The Morgan fingerprint density at radius 2 is 1.09 bits per heavy atom. The highest BCUT2D eigenvalue weighted by atomic mass is 16.5. The van der Waals surface area contributed by atoms with E-state index in [9.17, 15) is 9.59 Å². The molecular weight excluding hydrogens is 424 g/mol. The molecule has 0 bridgehead atoms. The molecule has 0 aliphatic carbocycles. The summed E-state index contributed by atoms with van der Waals surface area (Å²) in [6.07, 6.45) is 30.7. The van der Waals surface area contributed by atoms with Crippen LogP contribution in [0, 0.1) is 5.92 Å². The lowest BCUT2D eigenvalue weighted by Crippen LogP contribution is -2.21. The third-order valence-corrected chi connectivity index (χ3v) is 6.52. The van der Waals surface area contributed by atoms with Crippen LogP contribution in [-0.4, -0.2) is 23.7 Å². The summed E-state index contributed by atoms with van der Waals surface area (Å²) >= 11 is 0. The summed E-state index contributed by atoms with van der Waals surface area (Å²) in [6.45, 7) is 4.59. The van der Waals surface area contributed by atoms with Crippen molar-refractivity contribution in [3.8, 4) is 0 Å². The summed E-state index contributed by atoms with van der Waals surface area (Å²) in [5, 5.41) is 9.02. The minimum atomic E-state index is -0.922. The van der Waals surface area contributed by atoms with Gasteiger partial charge in [-0.3, -0.25) is 9.59 Å². The van der Waals surface area contributed by atoms with Crippen LogP contribution in [0.4, 0.5) is 0 Å². The number of hydrogen-bond acceptors (Lipinski definition) is 3. The maximum absolute atomic E-state index is 12.0. The molecule has 0 aliphatic heterocycles. The SMILES string of the molecule is CCCCCCCCCCCCCC/C=C/CCCCCCCC(CC(=O)O)C(=O)OCCC. The molecule has 0 aliphatic rings. The molecule has 1 atom stereocenters. The average Bonchev–Trinajstić information content (AvgIpc) is 2.82. The van der Waals surface area contributed by atoms with Crippen LogP contribution in [0.3, 0.4) is 0 Å². The highest BCUT2D eigenvalue weighted by Gasteiger charge is 2.22. The molecule has 4 heteroatoms. The molecular formula is C30H56O4. The lowest BCUT2D eigenvalue weighted by molar-refractivity contribution is -0.153. The second kappa shape index (κ2) is 26.3. The Hall–Kier alpha value is -1.32. The van der Waals surface area contributed by atoms with Crippen molar-refractivity contribution in [1.29, 1.82) is 0 Å². The number of rotatable bonds is 26. The average molecular weight is 481 g/mol. The zero-order chi connectivity index (χ0) is 25.1. The van der Waals surface area contributed by atoms with E-state index >= 15 is 0 Å². The predicted octanol–water partition coefficient (Wildman–Crippen LogP) is 9.41. The number of ether oxygens (including phenoxy) is 1. The van der Waals surface area contributed by atoms with E-state index in [2.05, 4.69) is 19.1 Å². The molecule has 0 aromatic rings. The van der Waals surface area contributed by atoms with Gasteiger partial charge in [0.1, 0.15) is 0 Å². The molecule has 0 radical (unpaired) electrons. The highest BCUT2D eigenvalue weighted by molar-refractivity contribution is 5.79. The van der Waals surface area contributed by atoms with Gasteiger partial charge in [-0.2, -0.15) is 0 Å². The summed E-state index contributed by atoms with van der Waals surface area (Å²) in [6, 6.07) is 0. The maximum Gasteiger partial charge on any atom is 0.309 e. The Bertz CT molecular complexity index is 486. The zero-order valence-electron chi connectivity index (χ0n) is 22.7. The first kappa shape index (κ1) is 32.7. The molecule has 0 rings (SSSR count). The number of carboxylic acids is 1. The maximum atomic E-state index is 12.0. The van der Waals surface area contributed by atoms with E-state index in [0.717, 1.165) is 32.1 Å². The van der Waals surface area contributed by atoms with Gasteiger partial charge in [-0.25, -0.2) is 0 Å². The molecule has 0 aromatic heterocycles. The smallest absolute Gasteiger partial charge is 0.309 e. The summed E-state index contributed by atoms with van der Waals surface area (Å²) in [7, 11) is 0. The number of allylic oxidation sites excluding steroid dienone is 2. The first-order chi connectivity index (χ1) is 16.6. The number of carboxylic acid groups (broad SMARTS) is 1. The lowest BCUT2D eigenvalue weighted by atomic mass is 9.97. The van der Waals surface area contributed by atoms with Crippen LogP contribution < -0.4 is 0 Å². The van der Waals surface area contributed by atoms with Crippen molar-refractivity contribution in [1.82, 2.24) is 0 Å². The van der Waals surface area contributed by atoms with Gasteiger partial charge in [0.25, 0.3) is 0 Å². The quantitative estimate of drug-likeness (QED) is 0.0760. The van der Waals surface area contributed by atoms with Gasteiger partial charge in [0.05, 0.1) is 18.9 Å². The molecule has 1 unspecified atom stereocenters. The largest absolute Gasteiger partial charge is 0.481 e. The normalized spacial score (nSPS) is 12.3. The van der Waals surface area contributed by atoms with Gasteiger partial charge < -0.3 is 9.84 Å². The fourth-order valence-electron chi connectivity index (χ4n) is 4.36. The number of hydrogen-bond donors (Lipinski definition) is 1. The summed E-state index contributed by atoms with van der Waals surface area (Å²) in [4.78, 5) is 23.0. The van der Waals surface area contributed by atoms with E-state index in [4.69, 9.17) is 9.84 Å². The second-order valence-corrected chi connectivity index (χ2v) is 9.96. The van der Waals surface area contributed by atoms with Crippen LogP contribution in [0.1, 0.15) is 155 Å². The van der Waals surface area contributed by atoms with Crippen LogP contribution in [0.25, 0.3) is 0 Å². The van der Waals surface area contributed by atoms with Crippen molar-refractivity contribution in [3.63, 3.8) is 0 Å².